The third-order valence-electron chi connectivity index (χ3n) is 2.63. The van der Waals surface area contributed by atoms with Crippen LogP contribution in [-0.2, 0) is 0 Å². The zero-order valence-electron chi connectivity index (χ0n) is 10.6. The van der Waals surface area contributed by atoms with Gasteiger partial charge in [0.2, 0.25) is 0 Å². The van der Waals surface area contributed by atoms with E-state index >= 15 is 0 Å². The molecule has 0 saturated carbocycles. The predicted molar refractivity (Wildman–Crippen MR) is 74.7 cm³/mol. The molecule has 6 nitrogen and oxygen atoms in total. The van der Waals surface area contributed by atoms with Crippen molar-refractivity contribution in [3.63, 3.8) is 0 Å². The fraction of sp³-hybridized carbons (Fsp3) is 0.231. The smallest absolute Gasteiger partial charge is 0.433 e. The monoisotopic (exact) mass is 341 g/mol. The van der Waals surface area contributed by atoms with Crippen molar-refractivity contribution in [2.75, 3.05) is 6.61 Å². The number of benzene rings is 1. The average Bonchev–Trinajstić information content (AvgIpc) is 2.90. The number of furan rings is 1. The number of nitrogens with zero attached hydrogens (tertiary/aromatic N) is 1. The van der Waals surface area contributed by atoms with Crippen LogP contribution in [0, 0.1) is 10.1 Å². The van der Waals surface area contributed by atoms with Crippen LogP contribution in [0.25, 0.3) is 0 Å². The van der Waals surface area contributed by atoms with Gasteiger partial charge in [0.05, 0.1) is 12.7 Å². The van der Waals surface area contributed by atoms with E-state index in [0.717, 1.165) is 4.47 Å². The molecule has 0 bridgehead atoms. The van der Waals surface area contributed by atoms with Crippen LogP contribution >= 0.6 is 15.9 Å². The van der Waals surface area contributed by atoms with Crippen LogP contribution in [0.2, 0.25) is 0 Å². The van der Waals surface area contributed by atoms with E-state index in [1.165, 1.54) is 12.1 Å². The van der Waals surface area contributed by atoms with E-state index < -0.39 is 16.9 Å². The van der Waals surface area contributed by atoms with Gasteiger partial charge in [0, 0.05) is 10.0 Å². The van der Waals surface area contributed by atoms with E-state index in [1.807, 2.05) is 6.92 Å². The van der Waals surface area contributed by atoms with E-state index in [4.69, 9.17) is 9.15 Å². The number of halogens is 1. The summed E-state index contributed by atoms with van der Waals surface area (Å²) in [6, 6.07) is 7.76. The Bertz CT molecular complexity index is 625. The first-order valence-corrected chi connectivity index (χ1v) is 6.66. The van der Waals surface area contributed by atoms with E-state index in [2.05, 4.69) is 15.9 Å². The van der Waals surface area contributed by atoms with Gasteiger partial charge in [-0.15, -0.1) is 0 Å². The van der Waals surface area contributed by atoms with Gasteiger partial charge in [-0.2, -0.15) is 0 Å². The third-order valence-corrected chi connectivity index (χ3v) is 3.12. The molecule has 7 heteroatoms. The second-order valence-corrected chi connectivity index (χ2v) is 4.87. The fourth-order valence-electron chi connectivity index (χ4n) is 1.76. The molecule has 0 aliphatic rings. The molecule has 2 rings (SSSR count). The summed E-state index contributed by atoms with van der Waals surface area (Å²) in [6.07, 6.45) is -1.14. The predicted octanol–water partition coefficient (Wildman–Crippen LogP) is 3.43. The first kappa shape index (κ1) is 14.5. The SMILES string of the molecule is CCOc1ccc(Br)cc1C(O)c1ccc([N+](=O)[O-])o1. The highest BCUT2D eigenvalue weighted by atomic mass is 79.9. The fourth-order valence-corrected chi connectivity index (χ4v) is 2.14. The van der Waals surface area contributed by atoms with Crippen molar-refractivity contribution >= 4 is 21.8 Å². The zero-order valence-corrected chi connectivity index (χ0v) is 12.2. The number of ether oxygens (including phenoxy) is 1. The number of hydrogen-bond acceptors (Lipinski definition) is 5. The second-order valence-electron chi connectivity index (χ2n) is 3.95. The molecule has 0 saturated heterocycles. The zero-order chi connectivity index (χ0) is 14.7. The van der Waals surface area contributed by atoms with Crippen molar-refractivity contribution in [3.05, 3.63) is 56.2 Å². The Morgan fingerprint density at radius 2 is 2.20 bits per heavy atom. The molecule has 1 unspecified atom stereocenters. The summed E-state index contributed by atoms with van der Waals surface area (Å²) in [4.78, 5) is 9.94. The largest absolute Gasteiger partial charge is 0.493 e. The van der Waals surface area contributed by atoms with E-state index in [-0.39, 0.29) is 5.76 Å². The van der Waals surface area contributed by atoms with Crippen LogP contribution < -0.4 is 4.74 Å². The molecule has 1 aromatic heterocycles. The van der Waals surface area contributed by atoms with Crippen LogP contribution in [0.4, 0.5) is 5.88 Å². The second kappa shape index (κ2) is 6.06. The van der Waals surface area contributed by atoms with Gasteiger partial charge in [0.15, 0.2) is 0 Å². The van der Waals surface area contributed by atoms with Gasteiger partial charge in [-0.25, -0.2) is 0 Å². The molecular weight excluding hydrogens is 330 g/mol. The summed E-state index contributed by atoms with van der Waals surface area (Å²) in [7, 11) is 0. The Morgan fingerprint density at radius 1 is 1.45 bits per heavy atom. The summed E-state index contributed by atoms with van der Waals surface area (Å²) in [5, 5.41) is 20.9. The summed E-state index contributed by atoms with van der Waals surface area (Å²) in [5.41, 5.74) is 0.477. The normalized spacial score (nSPS) is 12.2. The Balaban J connectivity index is 2.38. The maximum absolute atomic E-state index is 10.6. The molecule has 1 heterocycles. The molecular formula is C13H12BrNO5. The minimum absolute atomic E-state index is 0.0933. The first-order valence-electron chi connectivity index (χ1n) is 5.87. The number of aliphatic hydroxyl groups excluding tert-OH is 1. The minimum Gasteiger partial charge on any atom is -0.493 e. The van der Waals surface area contributed by atoms with Crippen LogP contribution in [0.5, 0.6) is 5.75 Å². The molecule has 1 N–H and O–H groups in total. The summed E-state index contributed by atoms with van der Waals surface area (Å²) < 4.78 is 11.2. The average molecular weight is 342 g/mol. The highest BCUT2D eigenvalue weighted by molar-refractivity contribution is 9.10. The van der Waals surface area contributed by atoms with Crippen molar-refractivity contribution in [3.8, 4) is 5.75 Å². The molecule has 0 radical (unpaired) electrons. The number of rotatable bonds is 5. The number of nitro groups is 1. The Morgan fingerprint density at radius 3 is 2.80 bits per heavy atom. The van der Waals surface area contributed by atoms with Crippen LogP contribution in [0.15, 0.2) is 39.2 Å². The van der Waals surface area contributed by atoms with Gasteiger partial charge in [0.25, 0.3) is 0 Å². The topological polar surface area (TPSA) is 85.7 Å². The summed E-state index contributed by atoms with van der Waals surface area (Å²) in [5.74, 6) is 0.185. The van der Waals surface area contributed by atoms with Gasteiger partial charge < -0.3 is 14.3 Å². The molecule has 0 fully saturated rings. The molecule has 0 aliphatic heterocycles. The maximum Gasteiger partial charge on any atom is 0.433 e. The summed E-state index contributed by atoms with van der Waals surface area (Å²) in [6.45, 7) is 2.27. The van der Waals surface area contributed by atoms with Crippen LogP contribution in [-0.4, -0.2) is 16.6 Å². The van der Waals surface area contributed by atoms with Crippen LogP contribution in [0.1, 0.15) is 24.4 Å². The van der Waals surface area contributed by atoms with Crippen molar-refractivity contribution in [1.82, 2.24) is 0 Å². The van der Waals surface area contributed by atoms with Crippen LogP contribution in [0.3, 0.4) is 0 Å². The Hall–Kier alpha value is -1.86. The Labute approximate surface area is 123 Å². The lowest BCUT2D eigenvalue weighted by Crippen LogP contribution is -2.03. The van der Waals surface area contributed by atoms with E-state index in [9.17, 15) is 15.2 Å². The standard InChI is InChI=1S/C13H12BrNO5/c1-2-19-10-4-3-8(14)7-9(10)13(16)11-5-6-12(20-11)15(17)18/h3-7,13,16H,2H2,1H3. The number of aliphatic hydroxyl groups is 1. The molecule has 0 aliphatic carbocycles. The minimum atomic E-state index is -1.14. The lowest BCUT2D eigenvalue weighted by atomic mass is 10.1. The lowest BCUT2D eigenvalue weighted by Gasteiger charge is -2.14. The van der Waals surface area contributed by atoms with Gasteiger partial charge in [-0.1, -0.05) is 15.9 Å². The van der Waals surface area contributed by atoms with Gasteiger partial charge >= 0.3 is 5.88 Å². The number of hydrogen-bond donors (Lipinski definition) is 1. The molecule has 2 aromatic rings. The van der Waals surface area contributed by atoms with Crippen molar-refractivity contribution in [2.45, 2.75) is 13.0 Å². The third kappa shape index (κ3) is 3.00. The molecule has 106 valence electrons. The highest BCUT2D eigenvalue weighted by Gasteiger charge is 2.22. The molecule has 0 spiro atoms. The van der Waals surface area contributed by atoms with Crippen molar-refractivity contribution in [2.24, 2.45) is 0 Å². The van der Waals surface area contributed by atoms with E-state index in [0.29, 0.717) is 17.9 Å². The molecule has 1 atom stereocenters. The quantitative estimate of drug-likeness (QED) is 0.665. The summed E-state index contributed by atoms with van der Waals surface area (Å²) >= 11 is 3.31. The highest BCUT2D eigenvalue weighted by Crippen LogP contribution is 2.34. The molecule has 1 aromatic carbocycles. The lowest BCUT2D eigenvalue weighted by molar-refractivity contribution is -0.402. The van der Waals surface area contributed by atoms with E-state index in [1.54, 1.807) is 18.2 Å². The van der Waals surface area contributed by atoms with Gasteiger partial charge in [-0.3, -0.25) is 10.1 Å². The Kier molecular flexibility index (Phi) is 4.41. The van der Waals surface area contributed by atoms with Gasteiger partial charge in [0.1, 0.15) is 22.5 Å². The molecule has 0 amide bonds. The maximum atomic E-state index is 10.6. The molecule has 20 heavy (non-hydrogen) atoms. The van der Waals surface area contributed by atoms with Crippen molar-refractivity contribution < 1.29 is 19.2 Å². The first-order chi connectivity index (χ1) is 9.52. The van der Waals surface area contributed by atoms with Gasteiger partial charge in [-0.05, 0) is 31.2 Å². The van der Waals surface area contributed by atoms with Crippen molar-refractivity contribution in [1.29, 1.82) is 0 Å².